The molecule has 1 saturated heterocycles. The second-order valence-corrected chi connectivity index (χ2v) is 15.9. The van der Waals surface area contributed by atoms with Gasteiger partial charge in [0.15, 0.2) is 5.82 Å². The number of carbonyl (C=O) groups excluding carboxylic acids is 2. The van der Waals surface area contributed by atoms with Gasteiger partial charge in [-0.1, -0.05) is 96.6 Å². The van der Waals surface area contributed by atoms with Crippen molar-refractivity contribution in [3.05, 3.63) is 75.7 Å². The Labute approximate surface area is 295 Å². The van der Waals surface area contributed by atoms with Crippen molar-refractivity contribution < 1.29 is 19.5 Å². The van der Waals surface area contributed by atoms with Crippen LogP contribution in [0.15, 0.2) is 54.9 Å². The van der Waals surface area contributed by atoms with Crippen LogP contribution in [0.4, 0.5) is 0 Å². The summed E-state index contributed by atoms with van der Waals surface area (Å²) >= 11 is 1.42. The van der Waals surface area contributed by atoms with Crippen LogP contribution in [0.3, 0.4) is 0 Å². The van der Waals surface area contributed by atoms with E-state index in [4.69, 9.17) is 0 Å². The van der Waals surface area contributed by atoms with Gasteiger partial charge in [0.05, 0.1) is 10.8 Å². The van der Waals surface area contributed by atoms with E-state index < -0.39 is 17.9 Å². The van der Waals surface area contributed by atoms with E-state index in [2.05, 4.69) is 49.1 Å². The van der Waals surface area contributed by atoms with Crippen molar-refractivity contribution in [2.24, 2.45) is 11.8 Å². The summed E-state index contributed by atoms with van der Waals surface area (Å²) < 4.78 is 0. The first-order valence-corrected chi connectivity index (χ1v) is 18.9. The van der Waals surface area contributed by atoms with Gasteiger partial charge in [0.2, 0.25) is 5.91 Å². The van der Waals surface area contributed by atoms with Crippen LogP contribution in [0.1, 0.15) is 118 Å². The first-order valence-electron chi connectivity index (χ1n) is 18.0. The van der Waals surface area contributed by atoms with Crippen molar-refractivity contribution in [3.8, 4) is 11.4 Å². The summed E-state index contributed by atoms with van der Waals surface area (Å²) in [5.41, 5.74) is 4.03. The lowest BCUT2D eigenvalue weighted by Gasteiger charge is -2.38. The molecule has 262 valence electrons. The molecule has 0 bridgehead atoms. The molecular weight excluding hydrogens is 633 g/mol. The standard InChI is InChI=1S/C32H36N4O4S.C8H16/c1-32(2,3)27-14-13-26(41-27)29(37)35-25(30(38)36-18-24(19-36)31(39)40)15-20-9-11-22(12-10-20)28-33-16-23(17-34-28)21-7-5-4-6-8-21;1-2-8-6-4-3-5-7-8/h7,9-14,16-17,24-25H,4-6,8,15,18-19H2,1-3H3,(H,35,37)(H,39,40);8H,2-7H2,1H3. The fourth-order valence-electron chi connectivity index (χ4n) is 6.69. The topological polar surface area (TPSA) is 112 Å². The predicted octanol–water partition coefficient (Wildman–Crippen LogP) is 8.32. The molecule has 2 aromatic heterocycles. The van der Waals surface area contributed by atoms with E-state index in [9.17, 15) is 19.5 Å². The van der Waals surface area contributed by atoms with Gasteiger partial charge in [-0.2, -0.15) is 0 Å². The lowest BCUT2D eigenvalue weighted by atomic mass is 9.88. The zero-order valence-electron chi connectivity index (χ0n) is 29.5. The van der Waals surface area contributed by atoms with Crippen LogP contribution in [0.5, 0.6) is 0 Å². The first kappa shape index (κ1) is 36.4. The summed E-state index contributed by atoms with van der Waals surface area (Å²) in [5.74, 6) is -0.346. The van der Waals surface area contributed by atoms with E-state index in [1.54, 1.807) is 6.07 Å². The normalized spacial score (nSPS) is 17.6. The molecule has 2 N–H and O–H groups in total. The third-order valence-corrected chi connectivity index (χ3v) is 11.5. The molecule has 0 spiro atoms. The minimum Gasteiger partial charge on any atom is -0.481 e. The number of aliphatic carboxylic acids is 1. The molecule has 1 saturated carbocycles. The Balaban J connectivity index is 0.000000514. The number of nitrogens with one attached hydrogen (secondary N) is 1. The predicted molar refractivity (Wildman–Crippen MR) is 196 cm³/mol. The molecule has 2 fully saturated rings. The molecule has 6 rings (SSSR count). The molecule has 1 atom stereocenters. The van der Waals surface area contributed by atoms with E-state index in [1.165, 1.54) is 73.2 Å². The zero-order chi connectivity index (χ0) is 35.0. The van der Waals surface area contributed by atoms with Crippen molar-refractivity contribution in [3.63, 3.8) is 0 Å². The average Bonchev–Trinajstić information content (AvgIpc) is 3.61. The molecule has 1 unspecified atom stereocenters. The van der Waals surface area contributed by atoms with Crippen molar-refractivity contribution in [1.29, 1.82) is 0 Å². The second-order valence-electron chi connectivity index (χ2n) is 14.8. The highest BCUT2D eigenvalue weighted by atomic mass is 32.1. The molecule has 1 aromatic carbocycles. The van der Waals surface area contributed by atoms with E-state index in [0.29, 0.717) is 10.7 Å². The molecule has 9 heteroatoms. The maximum atomic E-state index is 13.4. The molecule has 8 nitrogen and oxygen atoms in total. The lowest BCUT2D eigenvalue weighted by Crippen LogP contribution is -2.59. The smallest absolute Gasteiger partial charge is 0.310 e. The maximum absolute atomic E-state index is 13.4. The fraction of sp³-hybridized carbons (Fsp3) is 0.525. The number of thiophene rings is 1. The van der Waals surface area contributed by atoms with E-state index in [-0.39, 0.29) is 36.7 Å². The molecule has 2 amide bonds. The summed E-state index contributed by atoms with van der Waals surface area (Å²) in [7, 11) is 0. The van der Waals surface area contributed by atoms with Crippen LogP contribution < -0.4 is 5.32 Å². The Bertz CT molecular complexity index is 1590. The first-order chi connectivity index (χ1) is 23.5. The van der Waals surface area contributed by atoms with E-state index in [0.717, 1.165) is 40.3 Å². The number of amides is 2. The van der Waals surface area contributed by atoms with Gasteiger partial charge in [-0.15, -0.1) is 11.3 Å². The second kappa shape index (κ2) is 16.7. The maximum Gasteiger partial charge on any atom is 0.310 e. The number of hydrogen-bond acceptors (Lipinski definition) is 6. The van der Waals surface area contributed by atoms with Crippen molar-refractivity contribution in [1.82, 2.24) is 20.2 Å². The molecule has 3 aliphatic rings. The molecule has 49 heavy (non-hydrogen) atoms. The van der Waals surface area contributed by atoms with Crippen LogP contribution in [-0.2, 0) is 21.4 Å². The Morgan fingerprint density at radius 3 is 2.18 bits per heavy atom. The Morgan fingerprint density at radius 1 is 0.939 bits per heavy atom. The third-order valence-electron chi connectivity index (χ3n) is 9.98. The number of aromatic nitrogens is 2. The largest absolute Gasteiger partial charge is 0.481 e. The molecule has 2 aliphatic carbocycles. The minimum atomic E-state index is -0.913. The average molecular weight is 685 g/mol. The van der Waals surface area contributed by atoms with Crippen LogP contribution in [0.2, 0.25) is 0 Å². The van der Waals surface area contributed by atoms with Gasteiger partial charge in [0.25, 0.3) is 5.91 Å². The van der Waals surface area contributed by atoms with Gasteiger partial charge in [-0.05, 0) is 60.3 Å². The molecule has 1 aliphatic heterocycles. The number of allylic oxidation sites excluding steroid dienone is 2. The summed E-state index contributed by atoms with van der Waals surface area (Å²) in [5, 5.41) is 12.2. The van der Waals surface area contributed by atoms with Crippen molar-refractivity contribution in [2.45, 2.75) is 110 Å². The van der Waals surface area contributed by atoms with Crippen molar-refractivity contribution in [2.75, 3.05) is 13.1 Å². The molecular formula is C40H52N4O4S. The lowest BCUT2D eigenvalue weighted by molar-refractivity contribution is -0.153. The number of benzene rings is 1. The number of nitrogens with zero attached hydrogens (tertiary/aromatic N) is 3. The van der Waals surface area contributed by atoms with E-state index in [1.807, 2.05) is 42.7 Å². The number of likely N-dealkylation sites (tertiary alicyclic amines) is 1. The summed E-state index contributed by atoms with van der Waals surface area (Å²) in [6.45, 7) is 8.89. The van der Waals surface area contributed by atoms with Crippen LogP contribution >= 0.6 is 11.3 Å². The highest BCUT2D eigenvalue weighted by molar-refractivity contribution is 7.14. The molecule has 3 heterocycles. The summed E-state index contributed by atoms with van der Waals surface area (Å²) in [4.78, 5) is 50.1. The Hall–Kier alpha value is -3.85. The van der Waals surface area contributed by atoms with E-state index >= 15 is 0 Å². The number of hydrogen-bond donors (Lipinski definition) is 2. The molecule has 3 aromatic rings. The van der Waals surface area contributed by atoms with Crippen molar-refractivity contribution >= 4 is 34.7 Å². The number of rotatable bonds is 9. The van der Waals surface area contributed by atoms with Gasteiger partial charge in [0, 0.05) is 47.9 Å². The number of carboxylic acid groups (broad SMARTS) is 1. The van der Waals surface area contributed by atoms with Gasteiger partial charge < -0.3 is 15.3 Å². The fourth-order valence-corrected chi connectivity index (χ4v) is 7.66. The summed E-state index contributed by atoms with van der Waals surface area (Å²) in [6, 6.07) is 10.6. The van der Waals surface area contributed by atoms with Gasteiger partial charge >= 0.3 is 5.97 Å². The SMILES string of the molecule is CC(C)(C)c1ccc(C(=O)NC(Cc2ccc(-c3ncc(C4=CCCCC4)cn3)cc2)C(=O)N2CC(C(=O)O)C2)s1.CCC1CCCCC1. The van der Waals surface area contributed by atoms with Gasteiger partial charge in [-0.3, -0.25) is 14.4 Å². The monoisotopic (exact) mass is 684 g/mol. The quantitative estimate of drug-likeness (QED) is 0.234. The van der Waals surface area contributed by atoms with Crippen LogP contribution in [-0.4, -0.2) is 56.9 Å². The highest BCUT2D eigenvalue weighted by Gasteiger charge is 2.39. The van der Waals surface area contributed by atoms with Gasteiger partial charge in [0.1, 0.15) is 6.04 Å². The summed E-state index contributed by atoms with van der Waals surface area (Å²) in [6.07, 6.45) is 19.8. The van der Waals surface area contributed by atoms with Crippen LogP contribution in [0.25, 0.3) is 17.0 Å². The zero-order valence-corrected chi connectivity index (χ0v) is 30.4. The molecule has 0 radical (unpaired) electrons. The minimum absolute atomic E-state index is 0.0825. The van der Waals surface area contributed by atoms with Gasteiger partial charge in [-0.25, -0.2) is 9.97 Å². The Morgan fingerprint density at radius 2 is 1.63 bits per heavy atom. The number of carbonyl (C=O) groups is 3. The van der Waals surface area contributed by atoms with Crippen LogP contribution in [0, 0.1) is 11.8 Å². The third kappa shape index (κ3) is 9.87. The highest BCUT2D eigenvalue weighted by Crippen LogP contribution is 2.30. The Kier molecular flexibility index (Phi) is 12.4. The number of carboxylic acids is 1.